The second-order valence-electron chi connectivity index (χ2n) is 5.04. The SMILES string of the molecule is Cc1ccc(-c2c(C)nc(-c3cc[nH]n3)nc2C)c(F)c1. The van der Waals surface area contributed by atoms with Crippen LogP contribution in [0.25, 0.3) is 22.6 Å². The molecule has 5 heteroatoms. The normalized spacial score (nSPS) is 10.9. The summed E-state index contributed by atoms with van der Waals surface area (Å²) >= 11 is 0. The number of hydrogen-bond acceptors (Lipinski definition) is 3. The van der Waals surface area contributed by atoms with Gasteiger partial charge in [-0.3, -0.25) is 5.10 Å². The third kappa shape index (κ3) is 2.42. The van der Waals surface area contributed by atoms with Crippen LogP contribution >= 0.6 is 0 Å². The van der Waals surface area contributed by atoms with E-state index in [4.69, 9.17) is 0 Å². The first-order valence-electron chi connectivity index (χ1n) is 6.68. The number of aromatic nitrogens is 4. The van der Waals surface area contributed by atoms with Crippen LogP contribution in [0, 0.1) is 26.6 Å². The minimum Gasteiger partial charge on any atom is -0.285 e. The summed E-state index contributed by atoms with van der Waals surface area (Å²) in [6.07, 6.45) is 1.72. The summed E-state index contributed by atoms with van der Waals surface area (Å²) in [5.41, 5.74) is 4.32. The van der Waals surface area contributed by atoms with Gasteiger partial charge in [-0.05, 0) is 38.5 Å². The van der Waals surface area contributed by atoms with Crippen molar-refractivity contribution in [2.75, 3.05) is 0 Å². The Labute approximate surface area is 122 Å². The lowest BCUT2D eigenvalue weighted by atomic mass is 10.0. The maximum atomic E-state index is 14.2. The summed E-state index contributed by atoms with van der Waals surface area (Å²) in [5, 5.41) is 6.81. The van der Waals surface area contributed by atoms with Crippen molar-refractivity contribution in [2.45, 2.75) is 20.8 Å². The van der Waals surface area contributed by atoms with E-state index in [1.54, 1.807) is 18.3 Å². The maximum absolute atomic E-state index is 14.2. The predicted octanol–water partition coefficient (Wildman–Crippen LogP) is 3.60. The smallest absolute Gasteiger partial charge is 0.180 e. The number of benzene rings is 1. The Hall–Kier alpha value is -2.56. The van der Waals surface area contributed by atoms with Crippen molar-refractivity contribution >= 4 is 0 Å². The van der Waals surface area contributed by atoms with Gasteiger partial charge in [-0.2, -0.15) is 5.10 Å². The summed E-state index contributed by atoms with van der Waals surface area (Å²) in [5.74, 6) is 0.292. The van der Waals surface area contributed by atoms with Crippen LogP contribution in [-0.2, 0) is 0 Å². The van der Waals surface area contributed by atoms with Gasteiger partial charge < -0.3 is 0 Å². The van der Waals surface area contributed by atoms with E-state index < -0.39 is 0 Å². The summed E-state index contributed by atoms with van der Waals surface area (Å²) in [4.78, 5) is 8.91. The number of aryl methyl sites for hydroxylation is 3. The third-order valence-corrected chi connectivity index (χ3v) is 3.39. The lowest BCUT2D eigenvalue weighted by Gasteiger charge is -2.11. The van der Waals surface area contributed by atoms with E-state index in [0.29, 0.717) is 17.1 Å². The van der Waals surface area contributed by atoms with Gasteiger partial charge in [-0.25, -0.2) is 14.4 Å². The average molecular weight is 282 g/mol. The van der Waals surface area contributed by atoms with Crippen molar-refractivity contribution < 1.29 is 4.39 Å². The van der Waals surface area contributed by atoms with E-state index in [1.807, 2.05) is 26.8 Å². The number of hydrogen-bond donors (Lipinski definition) is 1. The second-order valence-corrected chi connectivity index (χ2v) is 5.04. The molecule has 0 saturated heterocycles. The Kier molecular flexibility index (Phi) is 3.25. The van der Waals surface area contributed by atoms with Crippen LogP contribution < -0.4 is 0 Å². The molecule has 0 atom stereocenters. The molecule has 0 fully saturated rings. The lowest BCUT2D eigenvalue weighted by Crippen LogP contribution is -2.01. The average Bonchev–Trinajstić information content (AvgIpc) is 2.94. The number of nitrogens with zero attached hydrogens (tertiary/aromatic N) is 3. The molecule has 0 radical (unpaired) electrons. The standard InChI is InChI=1S/C16H15FN4/c1-9-4-5-12(13(17)8-9)15-10(2)19-16(20-11(15)3)14-6-7-18-21-14/h4-8H,1-3H3,(H,18,21). The van der Waals surface area contributed by atoms with Crippen LogP contribution in [-0.4, -0.2) is 20.2 Å². The Morgan fingerprint density at radius 2 is 1.71 bits per heavy atom. The molecule has 4 nitrogen and oxygen atoms in total. The monoisotopic (exact) mass is 282 g/mol. The van der Waals surface area contributed by atoms with E-state index in [0.717, 1.165) is 22.5 Å². The van der Waals surface area contributed by atoms with Gasteiger partial charge in [-0.15, -0.1) is 0 Å². The Balaban J connectivity index is 2.16. The summed E-state index contributed by atoms with van der Waals surface area (Å²) < 4.78 is 14.2. The molecule has 0 bridgehead atoms. The van der Waals surface area contributed by atoms with E-state index in [1.165, 1.54) is 6.07 Å². The van der Waals surface area contributed by atoms with Crippen molar-refractivity contribution in [3.05, 3.63) is 53.2 Å². The molecule has 0 aliphatic rings. The first kappa shape index (κ1) is 13.4. The van der Waals surface area contributed by atoms with Crippen molar-refractivity contribution in [3.8, 4) is 22.6 Å². The van der Waals surface area contributed by atoms with Gasteiger partial charge >= 0.3 is 0 Å². The van der Waals surface area contributed by atoms with Crippen molar-refractivity contribution in [1.29, 1.82) is 0 Å². The fourth-order valence-electron chi connectivity index (χ4n) is 2.43. The van der Waals surface area contributed by atoms with Crippen molar-refractivity contribution in [2.24, 2.45) is 0 Å². The van der Waals surface area contributed by atoms with Gasteiger partial charge in [0.25, 0.3) is 0 Å². The molecule has 106 valence electrons. The largest absolute Gasteiger partial charge is 0.285 e. The fourth-order valence-corrected chi connectivity index (χ4v) is 2.43. The van der Waals surface area contributed by atoms with Crippen LogP contribution in [0.5, 0.6) is 0 Å². The van der Waals surface area contributed by atoms with Gasteiger partial charge in [0.05, 0.1) is 0 Å². The highest BCUT2D eigenvalue weighted by atomic mass is 19.1. The zero-order valence-corrected chi connectivity index (χ0v) is 12.1. The molecule has 21 heavy (non-hydrogen) atoms. The molecule has 0 aliphatic heterocycles. The van der Waals surface area contributed by atoms with Gasteiger partial charge in [0.15, 0.2) is 5.82 Å². The molecule has 2 aromatic heterocycles. The number of halogens is 1. The highest BCUT2D eigenvalue weighted by molar-refractivity contribution is 5.70. The molecule has 0 amide bonds. The third-order valence-electron chi connectivity index (χ3n) is 3.39. The molecular weight excluding hydrogens is 267 g/mol. The molecule has 1 aromatic carbocycles. The Morgan fingerprint density at radius 3 is 2.29 bits per heavy atom. The molecule has 0 saturated carbocycles. The van der Waals surface area contributed by atoms with E-state index in [9.17, 15) is 4.39 Å². The summed E-state index contributed by atoms with van der Waals surface area (Å²) in [7, 11) is 0. The molecule has 0 aliphatic carbocycles. The van der Waals surface area contributed by atoms with E-state index in [-0.39, 0.29) is 5.82 Å². The van der Waals surface area contributed by atoms with Crippen LogP contribution in [0.1, 0.15) is 17.0 Å². The van der Waals surface area contributed by atoms with Gasteiger partial charge in [0.2, 0.25) is 0 Å². The molecule has 3 rings (SSSR count). The van der Waals surface area contributed by atoms with Gasteiger partial charge in [-0.1, -0.05) is 12.1 Å². The van der Waals surface area contributed by atoms with Crippen LogP contribution in [0.2, 0.25) is 0 Å². The van der Waals surface area contributed by atoms with Crippen LogP contribution in [0.4, 0.5) is 4.39 Å². The van der Waals surface area contributed by atoms with Crippen LogP contribution in [0.15, 0.2) is 30.5 Å². The summed E-state index contributed by atoms with van der Waals surface area (Å²) in [6, 6.07) is 6.99. The maximum Gasteiger partial charge on any atom is 0.180 e. The Morgan fingerprint density at radius 1 is 1.00 bits per heavy atom. The lowest BCUT2D eigenvalue weighted by molar-refractivity contribution is 0.629. The van der Waals surface area contributed by atoms with Crippen molar-refractivity contribution in [1.82, 2.24) is 20.2 Å². The van der Waals surface area contributed by atoms with Crippen molar-refractivity contribution in [3.63, 3.8) is 0 Å². The zero-order chi connectivity index (χ0) is 15.0. The molecule has 0 unspecified atom stereocenters. The minimum atomic E-state index is -0.252. The molecular formula is C16H15FN4. The number of nitrogens with one attached hydrogen (secondary N) is 1. The molecule has 3 aromatic rings. The first-order chi connectivity index (χ1) is 10.1. The first-order valence-corrected chi connectivity index (χ1v) is 6.68. The highest BCUT2D eigenvalue weighted by Crippen LogP contribution is 2.29. The topological polar surface area (TPSA) is 54.5 Å². The minimum absolute atomic E-state index is 0.252. The molecule has 1 N–H and O–H groups in total. The summed E-state index contributed by atoms with van der Waals surface area (Å²) in [6.45, 7) is 5.59. The van der Waals surface area contributed by atoms with Gasteiger partial charge in [0, 0.05) is 28.7 Å². The second kappa shape index (κ2) is 5.09. The number of H-pyrrole nitrogens is 1. The number of aromatic amines is 1. The fraction of sp³-hybridized carbons (Fsp3) is 0.188. The quantitative estimate of drug-likeness (QED) is 0.781. The van der Waals surface area contributed by atoms with E-state index >= 15 is 0 Å². The number of rotatable bonds is 2. The predicted molar refractivity (Wildman–Crippen MR) is 79.2 cm³/mol. The molecule has 2 heterocycles. The molecule has 0 spiro atoms. The zero-order valence-electron chi connectivity index (χ0n) is 12.1. The van der Waals surface area contributed by atoms with Gasteiger partial charge in [0.1, 0.15) is 11.5 Å². The Bertz CT molecular complexity index is 771. The van der Waals surface area contributed by atoms with E-state index in [2.05, 4.69) is 20.2 Å². The van der Waals surface area contributed by atoms with Crippen LogP contribution in [0.3, 0.4) is 0 Å². The highest BCUT2D eigenvalue weighted by Gasteiger charge is 2.15.